The number of rotatable bonds is 7. The number of amides is 1. The molecule has 0 saturated heterocycles. The Bertz CT molecular complexity index is 815. The summed E-state index contributed by atoms with van der Waals surface area (Å²) in [5.74, 6) is -0.601. The molecule has 1 saturated carbocycles. The maximum Gasteiger partial charge on any atom is 0.238 e. The molecule has 3 rings (SSSR count). The zero-order valence-electron chi connectivity index (χ0n) is 13.3. The molecule has 0 radical (unpaired) electrons. The Morgan fingerprint density at radius 3 is 2.71 bits per heavy atom. The highest BCUT2D eigenvalue weighted by atomic mass is 32.2. The lowest BCUT2D eigenvalue weighted by atomic mass is 10.2. The summed E-state index contributed by atoms with van der Waals surface area (Å²) in [7, 11) is -3.69. The minimum Gasteiger partial charge on any atom is -0.352 e. The second-order valence-electron chi connectivity index (χ2n) is 5.97. The lowest BCUT2D eigenvalue weighted by Crippen LogP contribution is -2.39. The van der Waals surface area contributed by atoms with Gasteiger partial charge < -0.3 is 5.32 Å². The molecule has 9 heteroatoms. The number of hydrogen-bond donors (Lipinski definition) is 1. The van der Waals surface area contributed by atoms with E-state index in [-0.39, 0.29) is 17.6 Å². The van der Waals surface area contributed by atoms with Gasteiger partial charge >= 0.3 is 0 Å². The van der Waals surface area contributed by atoms with Gasteiger partial charge in [0.05, 0.1) is 6.54 Å². The molecule has 2 aromatic rings. The molecule has 0 bridgehead atoms. The zero-order valence-corrected chi connectivity index (χ0v) is 14.1. The quantitative estimate of drug-likeness (QED) is 0.771. The Morgan fingerprint density at radius 2 is 2.04 bits per heavy atom. The van der Waals surface area contributed by atoms with Gasteiger partial charge in [-0.15, -0.1) is 5.10 Å². The number of sulfone groups is 1. The Kier molecular flexibility index (Phi) is 4.61. The van der Waals surface area contributed by atoms with Gasteiger partial charge in [-0.1, -0.05) is 30.3 Å². The largest absolute Gasteiger partial charge is 0.352 e. The van der Waals surface area contributed by atoms with Crippen LogP contribution in [0.15, 0.2) is 30.3 Å². The standard InChI is InChI=1S/C15H19N5O3S/c1-11(15(21)16-13-7-8-13)24(22,23)10-14-17-18-19-20(14)9-12-5-3-2-4-6-12/h2-6,11,13H,7-10H2,1H3,(H,16,21). The highest BCUT2D eigenvalue weighted by Gasteiger charge is 2.33. The number of hydrogen-bond acceptors (Lipinski definition) is 6. The predicted octanol–water partition coefficient (Wildman–Crippen LogP) is 0.303. The molecular weight excluding hydrogens is 330 g/mol. The summed E-state index contributed by atoms with van der Waals surface area (Å²) >= 11 is 0. The van der Waals surface area contributed by atoms with Crippen molar-refractivity contribution in [1.29, 1.82) is 0 Å². The number of nitrogens with one attached hydrogen (secondary N) is 1. The molecule has 1 aromatic heterocycles. The van der Waals surface area contributed by atoms with E-state index < -0.39 is 21.0 Å². The number of benzene rings is 1. The van der Waals surface area contributed by atoms with E-state index in [9.17, 15) is 13.2 Å². The van der Waals surface area contributed by atoms with Crippen molar-refractivity contribution >= 4 is 15.7 Å². The van der Waals surface area contributed by atoms with Crippen LogP contribution >= 0.6 is 0 Å². The maximum absolute atomic E-state index is 12.5. The van der Waals surface area contributed by atoms with Crippen LogP contribution in [-0.2, 0) is 26.9 Å². The van der Waals surface area contributed by atoms with E-state index in [2.05, 4.69) is 20.8 Å². The third-order valence-electron chi connectivity index (χ3n) is 3.94. The smallest absolute Gasteiger partial charge is 0.238 e. The first kappa shape index (κ1) is 16.6. The minimum atomic E-state index is -3.69. The van der Waals surface area contributed by atoms with E-state index >= 15 is 0 Å². The Morgan fingerprint density at radius 1 is 1.33 bits per heavy atom. The average molecular weight is 349 g/mol. The molecule has 0 aliphatic heterocycles. The second kappa shape index (κ2) is 6.68. The van der Waals surface area contributed by atoms with Gasteiger partial charge in [-0.25, -0.2) is 13.1 Å². The zero-order chi connectivity index (χ0) is 17.2. The molecule has 1 fully saturated rings. The summed E-state index contributed by atoms with van der Waals surface area (Å²) in [6.07, 6.45) is 1.82. The maximum atomic E-state index is 12.5. The van der Waals surface area contributed by atoms with E-state index in [1.165, 1.54) is 11.6 Å². The highest BCUT2D eigenvalue weighted by Crippen LogP contribution is 2.20. The summed E-state index contributed by atoms with van der Waals surface area (Å²) in [5, 5.41) is 12.8. The third-order valence-corrected chi connectivity index (χ3v) is 5.90. The van der Waals surface area contributed by atoms with Crippen LogP contribution < -0.4 is 5.32 Å². The molecule has 0 spiro atoms. The van der Waals surface area contributed by atoms with Crippen molar-refractivity contribution in [2.75, 3.05) is 0 Å². The molecule has 1 aliphatic rings. The van der Waals surface area contributed by atoms with Gasteiger partial charge in [0.2, 0.25) is 5.91 Å². The molecule has 1 atom stereocenters. The molecule has 1 aliphatic carbocycles. The summed E-state index contributed by atoms with van der Waals surface area (Å²) in [6.45, 7) is 1.78. The van der Waals surface area contributed by atoms with E-state index in [0.29, 0.717) is 6.54 Å². The molecule has 1 heterocycles. The number of carbonyl (C=O) groups is 1. The SMILES string of the molecule is CC(C(=O)NC1CC1)S(=O)(=O)Cc1nnnn1Cc1ccccc1. The fourth-order valence-electron chi connectivity index (χ4n) is 2.22. The highest BCUT2D eigenvalue weighted by molar-refractivity contribution is 7.92. The van der Waals surface area contributed by atoms with Gasteiger partial charge in [0, 0.05) is 6.04 Å². The average Bonchev–Trinajstić information content (AvgIpc) is 3.27. The summed E-state index contributed by atoms with van der Waals surface area (Å²) in [6, 6.07) is 9.62. The van der Waals surface area contributed by atoms with Gasteiger partial charge in [0.1, 0.15) is 11.0 Å². The van der Waals surface area contributed by atoms with Crippen molar-refractivity contribution in [2.24, 2.45) is 0 Å². The van der Waals surface area contributed by atoms with Crippen molar-refractivity contribution in [1.82, 2.24) is 25.5 Å². The normalized spacial score (nSPS) is 15.9. The monoisotopic (exact) mass is 349 g/mol. The van der Waals surface area contributed by atoms with Crippen molar-refractivity contribution in [3.05, 3.63) is 41.7 Å². The van der Waals surface area contributed by atoms with Gasteiger partial charge in [0.25, 0.3) is 0 Å². The van der Waals surface area contributed by atoms with Gasteiger partial charge in [-0.05, 0) is 35.8 Å². The molecule has 1 aromatic carbocycles. The van der Waals surface area contributed by atoms with Gasteiger partial charge in [-0.2, -0.15) is 0 Å². The first-order valence-corrected chi connectivity index (χ1v) is 9.48. The fraction of sp³-hybridized carbons (Fsp3) is 0.467. The Labute approximate surface area is 140 Å². The molecule has 1 N–H and O–H groups in total. The van der Waals surface area contributed by atoms with Crippen LogP contribution in [0.3, 0.4) is 0 Å². The minimum absolute atomic E-state index is 0.124. The van der Waals surface area contributed by atoms with Crippen LogP contribution in [0.5, 0.6) is 0 Å². The van der Waals surface area contributed by atoms with Crippen LogP contribution in [0, 0.1) is 0 Å². The number of carbonyl (C=O) groups excluding carboxylic acids is 1. The van der Waals surface area contributed by atoms with Gasteiger partial charge in [-0.3, -0.25) is 4.79 Å². The topological polar surface area (TPSA) is 107 Å². The van der Waals surface area contributed by atoms with Crippen LogP contribution in [0.25, 0.3) is 0 Å². The third kappa shape index (κ3) is 3.97. The second-order valence-corrected chi connectivity index (χ2v) is 8.29. The number of tetrazole rings is 1. The van der Waals surface area contributed by atoms with E-state index in [1.807, 2.05) is 30.3 Å². The number of nitrogens with zero attached hydrogens (tertiary/aromatic N) is 4. The molecule has 24 heavy (non-hydrogen) atoms. The van der Waals surface area contributed by atoms with Crippen molar-refractivity contribution < 1.29 is 13.2 Å². The fourth-order valence-corrected chi connectivity index (χ4v) is 3.43. The van der Waals surface area contributed by atoms with Crippen LogP contribution in [0.2, 0.25) is 0 Å². The lowest BCUT2D eigenvalue weighted by molar-refractivity contribution is -0.120. The predicted molar refractivity (Wildman–Crippen MR) is 86.6 cm³/mol. The Balaban J connectivity index is 1.71. The summed E-state index contributed by atoms with van der Waals surface area (Å²) in [4.78, 5) is 12.0. The molecule has 128 valence electrons. The molecular formula is C15H19N5O3S. The Hall–Kier alpha value is -2.29. The van der Waals surface area contributed by atoms with Crippen LogP contribution in [0.4, 0.5) is 0 Å². The lowest BCUT2D eigenvalue weighted by Gasteiger charge is -2.12. The summed E-state index contributed by atoms with van der Waals surface area (Å²) < 4.78 is 26.4. The summed E-state index contributed by atoms with van der Waals surface area (Å²) in [5.41, 5.74) is 0.961. The van der Waals surface area contributed by atoms with Crippen LogP contribution in [-0.4, -0.2) is 45.8 Å². The van der Waals surface area contributed by atoms with Crippen LogP contribution in [0.1, 0.15) is 31.2 Å². The molecule has 1 unspecified atom stereocenters. The van der Waals surface area contributed by atoms with E-state index in [0.717, 1.165) is 18.4 Å². The first-order valence-electron chi connectivity index (χ1n) is 7.76. The number of aromatic nitrogens is 4. The molecule has 8 nitrogen and oxygen atoms in total. The van der Waals surface area contributed by atoms with E-state index in [1.54, 1.807) is 0 Å². The molecule has 1 amide bonds. The first-order chi connectivity index (χ1) is 11.5. The van der Waals surface area contributed by atoms with Crippen molar-refractivity contribution in [3.8, 4) is 0 Å². The van der Waals surface area contributed by atoms with Crippen molar-refractivity contribution in [2.45, 2.75) is 43.4 Å². The van der Waals surface area contributed by atoms with Crippen molar-refractivity contribution in [3.63, 3.8) is 0 Å². The van der Waals surface area contributed by atoms with Gasteiger partial charge in [0.15, 0.2) is 15.7 Å². The van der Waals surface area contributed by atoms with E-state index in [4.69, 9.17) is 0 Å².